The van der Waals surface area contributed by atoms with Gasteiger partial charge in [-0.15, -0.1) is 35.3 Å². The Bertz CT molecular complexity index is 744. The first-order chi connectivity index (χ1) is 12.5. The summed E-state index contributed by atoms with van der Waals surface area (Å²) in [5.41, 5.74) is 1.68. The van der Waals surface area contributed by atoms with Gasteiger partial charge in [0.15, 0.2) is 5.96 Å². The Morgan fingerprint density at radius 1 is 1.19 bits per heavy atom. The molecule has 1 amide bonds. The molecule has 1 aromatic carbocycles. The van der Waals surface area contributed by atoms with Gasteiger partial charge in [-0.25, -0.2) is 4.99 Å². The monoisotopic (exact) mass is 500 g/mol. The van der Waals surface area contributed by atoms with Gasteiger partial charge in [0.25, 0.3) is 5.91 Å². The Kier molecular flexibility index (Phi) is 9.79. The van der Waals surface area contributed by atoms with Gasteiger partial charge in [0.1, 0.15) is 0 Å². The highest BCUT2D eigenvalue weighted by atomic mass is 127. The standard InChI is InChI=1S/C20H28N4OS.HI/c1-5-22-19(24-14-20(2,3)17-10-7-11-26-17)23-13-15-8-6-9-16(12-15)18(25)21-4;/h6-12H,5,13-14H2,1-4H3,(H,21,25)(H2,22,23,24);1H. The van der Waals surface area contributed by atoms with E-state index in [-0.39, 0.29) is 35.3 Å². The fourth-order valence-corrected chi connectivity index (χ4v) is 3.37. The highest BCUT2D eigenvalue weighted by molar-refractivity contribution is 14.0. The maximum atomic E-state index is 11.8. The fraction of sp³-hybridized carbons (Fsp3) is 0.400. The number of nitrogens with zero attached hydrogens (tertiary/aromatic N) is 1. The number of halogens is 1. The van der Waals surface area contributed by atoms with Gasteiger partial charge in [-0.3, -0.25) is 4.79 Å². The van der Waals surface area contributed by atoms with Gasteiger partial charge < -0.3 is 16.0 Å². The number of thiophene rings is 1. The number of benzene rings is 1. The predicted molar refractivity (Wildman–Crippen MR) is 125 cm³/mol. The zero-order chi connectivity index (χ0) is 19.0. The third-order valence-electron chi connectivity index (χ3n) is 4.07. The molecular weight excluding hydrogens is 471 g/mol. The van der Waals surface area contributed by atoms with Crippen molar-refractivity contribution in [2.75, 3.05) is 20.1 Å². The average molecular weight is 500 g/mol. The topological polar surface area (TPSA) is 65.5 Å². The van der Waals surface area contributed by atoms with Crippen LogP contribution in [0.1, 0.15) is 41.6 Å². The number of nitrogens with one attached hydrogen (secondary N) is 3. The molecule has 2 rings (SSSR count). The molecule has 0 saturated heterocycles. The molecule has 1 aromatic heterocycles. The van der Waals surface area contributed by atoms with Crippen molar-refractivity contribution in [3.8, 4) is 0 Å². The van der Waals surface area contributed by atoms with Crippen molar-refractivity contribution in [3.63, 3.8) is 0 Å². The Morgan fingerprint density at radius 3 is 2.59 bits per heavy atom. The van der Waals surface area contributed by atoms with Crippen molar-refractivity contribution >= 4 is 47.2 Å². The lowest BCUT2D eigenvalue weighted by molar-refractivity contribution is 0.0963. The second-order valence-electron chi connectivity index (χ2n) is 6.69. The highest BCUT2D eigenvalue weighted by Crippen LogP contribution is 2.26. The van der Waals surface area contributed by atoms with Crippen molar-refractivity contribution in [2.45, 2.75) is 32.7 Å². The van der Waals surface area contributed by atoms with Crippen molar-refractivity contribution in [3.05, 3.63) is 57.8 Å². The molecular formula is C20H29IN4OS. The third-order valence-corrected chi connectivity index (χ3v) is 5.30. The van der Waals surface area contributed by atoms with Crippen LogP contribution in [-0.4, -0.2) is 32.0 Å². The van der Waals surface area contributed by atoms with E-state index in [9.17, 15) is 4.79 Å². The van der Waals surface area contributed by atoms with E-state index in [1.54, 1.807) is 24.5 Å². The third kappa shape index (κ3) is 7.14. The van der Waals surface area contributed by atoms with Crippen LogP contribution in [0, 0.1) is 0 Å². The molecule has 0 bridgehead atoms. The lowest BCUT2D eigenvalue weighted by Crippen LogP contribution is -2.43. The van der Waals surface area contributed by atoms with Gasteiger partial charge in [0, 0.05) is 36.0 Å². The molecule has 5 nitrogen and oxygen atoms in total. The lowest BCUT2D eigenvalue weighted by Gasteiger charge is -2.25. The number of amides is 1. The van der Waals surface area contributed by atoms with Crippen molar-refractivity contribution in [1.82, 2.24) is 16.0 Å². The molecule has 2 aromatic rings. The SMILES string of the molecule is CCNC(=NCc1cccc(C(=O)NC)c1)NCC(C)(C)c1cccs1.I. The summed E-state index contributed by atoms with van der Waals surface area (Å²) in [6, 6.07) is 11.8. The van der Waals surface area contributed by atoms with Crippen molar-refractivity contribution in [1.29, 1.82) is 0 Å². The average Bonchev–Trinajstić information content (AvgIpc) is 3.19. The number of hydrogen-bond donors (Lipinski definition) is 3. The summed E-state index contributed by atoms with van der Waals surface area (Å²) >= 11 is 1.77. The van der Waals surface area contributed by atoms with Crippen LogP contribution in [0.15, 0.2) is 46.8 Å². The second kappa shape index (κ2) is 11.3. The molecule has 7 heteroatoms. The van der Waals surface area contributed by atoms with Gasteiger partial charge in [-0.2, -0.15) is 0 Å². The summed E-state index contributed by atoms with van der Waals surface area (Å²) in [6.07, 6.45) is 0. The van der Waals surface area contributed by atoms with E-state index in [4.69, 9.17) is 0 Å². The summed E-state index contributed by atoms with van der Waals surface area (Å²) in [5.74, 6) is 0.695. The Morgan fingerprint density at radius 2 is 1.96 bits per heavy atom. The quantitative estimate of drug-likeness (QED) is 0.308. The summed E-state index contributed by atoms with van der Waals surface area (Å²) in [6.45, 7) is 8.60. The number of aliphatic imine (C=N–C) groups is 1. The highest BCUT2D eigenvalue weighted by Gasteiger charge is 2.21. The molecule has 0 aliphatic carbocycles. The summed E-state index contributed by atoms with van der Waals surface area (Å²) in [4.78, 5) is 17.8. The maximum absolute atomic E-state index is 11.8. The number of rotatable bonds is 7. The molecule has 1 heterocycles. The minimum absolute atomic E-state index is 0. The molecule has 0 aliphatic rings. The zero-order valence-corrected chi connectivity index (χ0v) is 19.5. The first-order valence-corrected chi connectivity index (χ1v) is 9.71. The Hall–Kier alpha value is -1.61. The van der Waals surface area contributed by atoms with Crippen LogP contribution in [0.25, 0.3) is 0 Å². The van der Waals surface area contributed by atoms with E-state index < -0.39 is 0 Å². The smallest absolute Gasteiger partial charge is 0.251 e. The number of hydrogen-bond acceptors (Lipinski definition) is 3. The number of guanidine groups is 1. The first kappa shape index (κ1) is 23.4. The molecule has 148 valence electrons. The van der Waals surface area contributed by atoms with Crippen molar-refractivity contribution < 1.29 is 4.79 Å². The van der Waals surface area contributed by atoms with Gasteiger partial charge in [0.05, 0.1) is 6.54 Å². The van der Waals surface area contributed by atoms with E-state index >= 15 is 0 Å². The van der Waals surface area contributed by atoms with Gasteiger partial charge >= 0.3 is 0 Å². The number of carbonyl (C=O) groups excluding carboxylic acids is 1. The van der Waals surface area contributed by atoms with E-state index in [1.807, 2.05) is 25.1 Å². The summed E-state index contributed by atoms with van der Waals surface area (Å²) < 4.78 is 0. The van der Waals surface area contributed by atoms with E-state index in [1.165, 1.54) is 4.88 Å². The zero-order valence-electron chi connectivity index (χ0n) is 16.3. The largest absolute Gasteiger partial charge is 0.357 e. The molecule has 27 heavy (non-hydrogen) atoms. The molecule has 0 saturated carbocycles. The lowest BCUT2D eigenvalue weighted by atomic mass is 9.91. The maximum Gasteiger partial charge on any atom is 0.251 e. The van der Waals surface area contributed by atoms with Gasteiger partial charge in [-0.05, 0) is 36.1 Å². The molecule has 0 radical (unpaired) electrons. The van der Waals surface area contributed by atoms with Crippen LogP contribution in [0.5, 0.6) is 0 Å². The van der Waals surface area contributed by atoms with Crippen LogP contribution >= 0.6 is 35.3 Å². The first-order valence-electron chi connectivity index (χ1n) is 8.83. The van der Waals surface area contributed by atoms with Gasteiger partial charge in [0.2, 0.25) is 0 Å². The van der Waals surface area contributed by atoms with E-state index in [2.05, 4.69) is 52.3 Å². The molecule has 0 atom stereocenters. The Balaban J connectivity index is 0.00000364. The minimum atomic E-state index is -0.0847. The van der Waals surface area contributed by atoms with Crippen LogP contribution in [-0.2, 0) is 12.0 Å². The minimum Gasteiger partial charge on any atom is -0.357 e. The van der Waals surface area contributed by atoms with Crippen LogP contribution in [0.2, 0.25) is 0 Å². The normalized spacial score (nSPS) is 11.5. The Labute approximate surface area is 183 Å². The molecule has 0 spiro atoms. The molecule has 0 unspecified atom stereocenters. The van der Waals surface area contributed by atoms with Gasteiger partial charge in [-0.1, -0.05) is 32.0 Å². The molecule has 0 fully saturated rings. The predicted octanol–water partition coefficient (Wildman–Crippen LogP) is 3.76. The summed E-state index contributed by atoms with van der Waals surface area (Å²) in [7, 11) is 1.63. The molecule has 3 N–H and O–H groups in total. The van der Waals surface area contributed by atoms with E-state index in [0.29, 0.717) is 12.1 Å². The van der Waals surface area contributed by atoms with Crippen molar-refractivity contribution in [2.24, 2.45) is 4.99 Å². The van der Waals surface area contributed by atoms with Crippen LogP contribution in [0.3, 0.4) is 0 Å². The van der Waals surface area contributed by atoms with Crippen LogP contribution in [0.4, 0.5) is 0 Å². The fourth-order valence-electron chi connectivity index (χ4n) is 2.52. The van der Waals surface area contributed by atoms with Crippen LogP contribution < -0.4 is 16.0 Å². The summed E-state index contributed by atoms with van der Waals surface area (Å²) in [5, 5.41) is 11.5. The number of carbonyl (C=O) groups is 1. The van der Waals surface area contributed by atoms with E-state index in [0.717, 1.165) is 24.6 Å². The second-order valence-corrected chi connectivity index (χ2v) is 7.64. The molecule has 0 aliphatic heterocycles.